The van der Waals surface area contributed by atoms with E-state index >= 15 is 0 Å². The Kier molecular flexibility index (Phi) is 4.74. The quantitative estimate of drug-likeness (QED) is 0.494. The Labute approximate surface area is 140 Å². The topological polar surface area (TPSA) is 64.6 Å². The molecule has 2 aromatic carbocycles. The SMILES string of the molecule is N=C(NCc1ccc(Cl)cc1)c1ccc(Cc2c[nH]cn2)cc1. The second-order valence-electron chi connectivity index (χ2n) is 5.29. The number of hydrogen-bond acceptors (Lipinski definition) is 2. The van der Waals surface area contributed by atoms with Gasteiger partial charge in [-0.05, 0) is 23.3 Å². The molecule has 3 rings (SSSR count). The minimum absolute atomic E-state index is 0.409. The van der Waals surface area contributed by atoms with Crippen LogP contribution < -0.4 is 5.32 Å². The zero-order valence-electron chi connectivity index (χ0n) is 12.5. The van der Waals surface area contributed by atoms with Crippen LogP contribution in [0, 0.1) is 5.41 Å². The van der Waals surface area contributed by atoms with Crippen LogP contribution in [0.1, 0.15) is 22.4 Å². The van der Waals surface area contributed by atoms with Gasteiger partial charge in [-0.25, -0.2) is 4.98 Å². The van der Waals surface area contributed by atoms with E-state index in [1.54, 1.807) is 6.33 Å². The maximum absolute atomic E-state index is 8.13. The Hall–Kier alpha value is -2.59. The maximum Gasteiger partial charge on any atom is 0.125 e. The highest BCUT2D eigenvalue weighted by atomic mass is 35.5. The van der Waals surface area contributed by atoms with Crippen molar-refractivity contribution in [3.63, 3.8) is 0 Å². The molecule has 0 aliphatic rings. The molecule has 4 nitrogen and oxygen atoms in total. The molecule has 0 aliphatic carbocycles. The zero-order chi connectivity index (χ0) is 16.1. The predicted octanol–water partition coefficient (Wildman–Crippen LogP) is 3.77. The Bertz CT molecular complexity index is 762. The summed E-state index contributed by atoms with van der Waals surface area (Å²) in [4.78, 5) is 7.17. The molecule has 3 N–H and O–H groups in total. The fraction of sp³-hybridized carbons (Fsp3) is 0.111. The lowest BCUT2D eigenvalue weighted by Gasteiger charge is -2.09. The smallest absolute Gasteiger partial charge is 0.125 e. The monoisotopic (exact) mass is 324 g/mol. The maximum atomic E-state index is 8.13. The third-order valence-corrected chi connectivity index (χ3v) is 3.82. The molecule has 0 radical (unpaired) electrons. The van der Waals surface area contributed by atoms with E-state index in [1.165, 1.54) is 5.56 Å². The first-order chi connectivity index (χ1) is 11.2. The van der Waals surface area contributed by atoms with Crippen LogP contribution >= 0.6 is 11.6 Å². The van der Waals surface area contributed by atoms with Crippen molar-refractivity contribution in [2.24, 2.45) is 0 Å². The van der Waals surface area contributed by atoms with Gasteiger partial charge in [0.25, 0.3) is 0 Å². The first-order valence-corrected chi connectivity index (χ1v) is 7.72. The molecular formula is C18H17ClN4. The van der Waals surface area contributed by atoms with E-state index in [0.29, 0.717) is 12.4 Å². The molecule has 0 unspecified atom stereocenters. The van der Waals surface area contributed by atoms with Crippen LogP contribution in [0.25, 0.3) is 0 Å². The van der Waals surface area contributed by atoms with Crippen molar-refractivity contribution in [3.05, 3.63) is 88.5 Å². The number of hydrogen-bond donors (Lipinski definition) is 3. The summed E-state index contributed by atoms with van der Waals surface area (Å²) < 4.78 is 0. The average Bonchev–Trinajstić information content (AvgIpc) is 3.08. The highest BCUT2D eigenvalue weighted by Crippen LogP contribution is 2.11. The number of benzene rings is 2. The summed E-state index contributed by atoms with van der Waals surface area (Å²) in [6, 6.07) is 15.6. The second-order valence-corrected chi connectivity index (χ2v) is 5.73. The number of imidazole rings is 1. The van der Waals surface area contributed by atoms with Gasteiger partial charge in [-0.3, -0.25) is 5.41 Å². The first-order valence-electron chi connectivity index (χ1n) is 7.34. The fourth-order valence-corrected chi connectivity index (χ4v) is 2.41. The largest absolute Gasteiger partial charge is 0.366 e. The summed E-state index contributed by atoms with van der Waals surface area (Å²) in [7, 11) is 0. The normalized spacial score (nSPS) is 10.5. The summed E-state index contributed by atoms with van der Waals surface area (Å²) in [5.74, 6) is 0.409. The standard InChI is InChI=1S/C18H17ClN4/c19-16-7-3-14(4-8-16)10-22-18(20)15-5-1-13(2-6-15)9-17-11-21-12-23-17/h1-8,11-12H,9-10H2,(H2,20,22)(H,21,23). The van der Waals surface area contributed by atoms with Crippen LogP contribution in [0.2, 0.25) is 5.02 Å². The Balaban J connectivity index is 1.58. The molecule has 0 fully saturated rings. The van der Waals surface area contributed by atoms with Crippen LogP contribution in [-0.2, 0) is 13.0 Å². The summed E-state index contributed by atoms with van der Waals surface area (Å²) in [5, 5.41) is 12.0. The number of halogens is 1. The van der Waals surface area contributed by atoms with Gasteiger partial charge in [0.05, 0.1) is 12.0 Å². The molecule has 23 heavy (non-hydrogen) atoms. The second kappa shape index (κ2) is 7.11. The summed E-state index contributed by atoms with van der Waals surface area (Å²) in [5.41, 5.74) is 4.14. The summed E-state index contributed by atoms with van der Waals surface area (Å²) >= 11 is 5.87. The van der Waals surface area contributed by atoms with Crippen LogP contribution in [0.4, 0.5) is 0 Å². The van der Waals surface area contributed by atoms with Gasteiger partial charge in [-0.15, -0.1) is 0 Å². The lowest BCUT2D eigenvalue weighted by molar-refractivity contribution is 0.908. The van der Waals surface area contributed by atoms with Gasteiger partial charge in [-0.2, -0.15) is 0 Å². The molecule has 0 aliphatic heterocycles. The Morgan fingerprint density at radius 1 is 1.04 bits per heavy atom. The lowest BCUT2D eigenvalue weighted by atomic mass is 10.1. The van der Waals surface area contributed by atoms with E-state index in [1.807, 2.05) is 54.7 Å². The first kappa shape index (κ1) is 15.3. The Morgan fingerprint density at radius 2 is 1.74 bits per heavy atom. The number of nitrogens with zero attached hydrogens (tertiary/aromatic N) is 1. The van der Waals surface area contributed by atoms with E-state index in [9.17, 15) is 0 Å². The molecule has 0 atom stereocenters. The lowest BCUT2D eigenvalue weighted by Crippen LogP contribution is -2.22. The number of rotatable bonds is 5. The van der Waals surface area contributed by atoms with Crippen LogP contribution in [-0.4, -0.2) is 15.8 Å². The number of nitrogens with one attached hydrogen (secondary N) is 3. The van der Waals surface area contributed by atoms with Gasteiger partial charge in [0.15, 0.2) is 0 Å². The molecule has 5 heteroatoms. The minimum atomic E-state index is 0.409. The minimum Gasteiger partial charge on any atom is -0.366 e. The summed E-state index contributed by atoms with van der Waals surface area (Å²) in [6.45, 7) is 0.602. The highest BCUT2D eigenvalue weighted by Gasteiger charge is 2.03. The van der Waals surface area contributed by atoms with Crippen LogP contribution in [0.15, 0.2) is 61.1 Å². The molecule has 3 aromatic rings. The van der Waals surface area contributed by atoms with Gasteiger partial charge in [0, 0.05) is 29.7 Å². The van der Waals surface area contributed by atoms with Crippen LogP contribution in [0.5, 0.6) is 0 Å². The molecule has 0 saturated heterocycles. The zero-order valence-corrected chi connectivity index (χ0v) is 13.3. The highest BCUT2D eigenvalue weighted by molar-refractivity contribution is 6.30. The number of aromatic nitrogens is 2. The van der Waals surface area contributed by atoms with E-state index in [2.05, 4.69) is 15.3 Å². The Morgan fingerprint density at radius 3 is 2.39 bits per heavy atom. The number of aromatic amines is 1. The molecule has 0 spiro atoms. The third-order valence-electron chi connectivity index (χ3n) is 3.57. The van der Waals surface area contributed by atoms with Gasteiger partial charge in [0.1, 0.15) is 5.84 Å². The van der Waals surface area contributed by atoms with Gasteiger partial charge in [-0.1, -0.05) is 48.0 Å². The molecule has 0 saturated carbocycles. The van der Waals surface area contributed by atoms with Crippen LogP contribution in [0.3, 0.4) is 0 Å². The van der Waals surface area contributed by atoms with E-state index < -0.39 is 0 Å². The van der Waals surface area contributed by atoms with Crippen molar-refractivity contribution in [2.75, 3.05) is 0 Å². The molecule has 0 bridgehead atoms. The molecule has 116 valence electrons. The van der Waals surface area contributed by atoms with Crippen molar-refractivity contribution < 1.29 is 0 Å². The molecular weight excluding hydrogens is 308 g/mol. The van der Waals surface area contributed by atoms with Crippen molar-refractivity contribution in [1.82, 2.24) is 15.3 Å². The van der Waals surface area contributed by atoms with Crippen molar-refractivity contribution >= 4 is 17.4 Å². The van der Waals surface area contributed by atoms with Gasteiger partial charge < -0.3 is 10.3 Å². The number of amidine groups is 1. The fourth-order valence-electron chi connectivity index (χ4n) is 2.28. The number of H-pyrrole nitrogens is 1. The average molecular weight is 325 g/mol. The van der Waals surface area contributed by atoms with E-state index in [4.69, 9.17) is 17.0 Å². The van der Waals surface area contributed by atoms with Crippen molar-refractivity contribution in [3.8, 4) is 0 Å². The third kappa shape index (κ3) is 4.20. The molecule has 1 heterocycles. The van der Waals surface area contributed by atoms with Crippen molar-refractivity contribution in [2.45, 2.75) is 13.0 Å². The van der Waals surface area contributed by atoms with Gasteiger partial charge in [0.2, 0.25) is 0 Å². The van der Waals surface area contributed by atoms with E-state index in [0.717, 1.165) is 28.3 Å². The molecule has 1 aromatic heterocycles. The van der Waals surface area contributed by atoms with E-state index in [-0.39, 0.29) is 0 Å². The molecule has 0 amide bonds. The van der Waals surface area contributed by atoms with Crippen molar-refractivity contribution in [1.29, 1.82) is 5.41 Å². The summed E-state index contributed by atoms with van der Waals surface area (Å²) in [6.07, 6.45) is 4.36. The van der Waals surface area contributed by atoms with Gasteiger partial charge >= 0.3 is 0 Å². The predicted molar refractivity (Wildman–Crippen MR) is 93.0 cm³/mol.